The summed E-state index contributed by atoms with van der Waals surface area (Å²) in [5.41, 5.74) is 9.10. The molecule has 0 radical (unpaired) electrons. The van der Waals surface area contributed by atoms with Gasteiger partial charge in [-0.25, -0.2) is 0 Å². The van der Waals surface area contributed by atoms with E-state index in [1.165, 1.54) is 5.56 Å². The predicted molar refractivity (Wildman–Crippen MR) is 95.1 cm³/mol. The van der Waals surface area contributed by atoms with Crippen molar-refractivity contribution in [2.45, 2.75) is 26.8 Å². The first-order chi connectivity index (χ1) is 11.5. The normalized spacial score (nSPS) is 10.5. The smallest absolute Gasteiger partial charge is 0.257 e. The van der Waals surface area contributed by atoms with Crippen LogP contribution in [0.25, 0.3) is 0 Å². The van der Waals surface area contributed by atoms with E-state index in [1.54, 1.807) is 11.9 Å². The first-order valence-corrected chi connectivity index (χ1v) is 8.18. The fourth-order valence-electron chi connectivity index (χ4n) is 2.38. The Morgan fingerprint density at radius 3 is 2.71 bits per heavy atom. The molecule has 5 heteroatoms. The summed E-state index contributed by atoms with van der Waals surface area (Å²) in [4.78, 5) is 18.9. The van der Waals surface area contributed by atoms with Crippen LogP contribution in [0.5, 0.6) is 5.75 Å². The number of carbonyl (C=O) groups excluding carboxylic acids is 1. The highest BCUT2D eigenvalue weighted by Gasteiger charge is 2.18. The number of amides is 1. The molecule has 1 amide bonds. The Labute approximate surface area is 143 Å². The Bertz CT molecular complexity index is 684. The van der Waals surface area contributed by atoms with E-state index in [0.717, 1.165) is 17.7 Å². The lowest BCUT2D eigenvalue weighted by atomic mass is 10.1. The van der Waals surface area contributed by atoms with Crippen molar-refractivity contribution >= 4 is 5.91 Å². The van der Waals surface area contributed by atoms with Crippen molar-refractivity contribution < 1.29 is 9.53 Å². The summed E-state index contributed by atoms with van der Waals surface area (Å²) >= 11 is 0. The lowest BCUT2D eigenvalue weighted by Crippen LogP contribution is -2.27. The van der Waals surface area contributed by atoms with Crippen LogP contribution in [0.2, 0.25) is 0 Å². The van der Waals surface area contributed by atoms with Crippen LogP contribution in [0.4, 0.5) is 0 Å². The zero-order valence-electron chi connectivity index (χ0n) is 14.6. The van der Waals surface area contributed by atoms with Crippen LogP contribution in [0.15, 0.2) is 36.5 Å². The van der Waals surface area contributed by atoms with Gasteiger partial charge in [-0.2, -0.15) is 0 Å². The highest BCUT2D eigenvalue weighted by atomic mass is 16.5. The van der Waals surface area contributed by atoms with Crippen molar-refractivity contribution in [1.82, 2.24) is 9.88 Å². The molecule has 0 bridgehead atoms. The topological polar surface area (TPSA) is 68.5 Å². The van der Waals surface area contributed by atoms with Crippen LogP contribution >= 0.6 is 0 Å². The van der Waals surface area contributed by atoms with Gasteiger partial charge in [0.2, 0.25) is 0 Å². The molecule has 0 aliphatic carbocycles. The lowest BCUT2D eigenvalue weighted by molar-refractivity contribution is 0.0779. The zero-order valence-corrected chi connectivity index (χ0v) is 14.6. The standard InChI is InChI=1S/C19H25N3O2/c1-4-15-6-7-16(21-12-15)13-22(3)19(23)17-11-14(2)5-8-18(17)24-10-9-20/h5-8,11-12H,4,9-10,13,20H2,1-3H3. The van der Waals surface area contributed by atoms with Gasteiger partial charge in [-0.05, 0) is 37.1 Å². The van der Waals surface area contributed by atoms with Gasteiger partial charge in [0, 0.05) is 19.8 Å². The number of aryl methyl sites for hydroxylation is 2. The van der Waals surface area contributed by atoms with E-state index < -0.39 is 0 Å². The van der Waals surface area contributed by atoms with Crippen molar-refractivity contribution in [2.75, 3.05) is 20.2 Å². The fraction of sp³-hybridized carbons (Fsp3) is 0.368. The molecule has 2 rings (SSSR count). The van der Waals surface area contributed by atoms with Crippen molar-refractivity contribution in [1.29, 1.82) is 0 Å². The van der Waals surface area contributed by atoms with E-state index >= 15 is 0 Å². The maximum atomic E-state index is 12.8. The number of benzene rings is 1. The van der Waals surface area contributed by atoms with Crippen LogP contribution in [0.3, 0.4) is 0 Å². The summed E-state index contributed by atoms with van der Waals surface area (Å²) < 4.78 is 5.60. The number of carbonyl (C=O) groups is 1. The van der Waals surface area contributed by atoms with E-state index in [2.05, 4.69) is 11.9 Å². The molecule has 0 saturated heterocycles. The summed E-state index contributed by atoms with van der Waals surface area (Å²) in [7, 11) is 1.77. The van der Waals surface area contributed by atoms with Crippen molar-refractivity contribution in [3.05, 3.63) is 58.9 Å². The number of ether oxygens (including phenoxy) is 1. The van der Waals surface area contributed by atoms with Crippen LogP contribution in [-0.2, 0) is 13.0 Å². The second-order valence-electron chi connectivity index (χ2n) is 5.81. The lowest BCUT2D eigenvalue weighted by Gasteiger charge is -2.19. The van der Waals surface area contributed by atoms with Gasteiger partial charge >= 0.3 is 0 Å². The molecule has 0 saturated carbocycles. The number of hydrogen-bond acceptors (Lipinski definition) is 4. The summed E-state index contributed by atoms with van der Waals surface area (Å²) in [6, 6.07) is 9.60. The average molecular weight is 327 g/mol. The number of hydrogen-bond donors (Lipinski definition) is 1. The van der Waals surface area contributed by atoms with Crippen molar-refractivity contribution in [3.8, 4) is 5.75 Å². The molecule has 1 aromatic carbocycles. The first kappa shape index (κ1) is 17.9. The highest BCUT2D eigenvalue weighted by Crippen LogP contribution is 2.22. The minimum absolute atomic E-state index is 0.0907. The minimum Gasteiger partial charge on any atom is -0.491 e. The van der Waals surface area contributed by atoms with Crippen LogP contribution in [0, 0.1) is 6.92 Å². The van der Waals surface area contributed by atoms with Gasteiger partial charge in [0.05, 0.1) is 17.8 Å². The van der Waals surface area contributed by atoms with E-state index in [1.807, 2.05) is 43.5 Å². The van der Waals surface area contributed by atoms with Gasteiger partial charge < -0.3 is 15.4 Å². The Morgan fingerprint density at radius 1 is 1.29 bits per heavy atom. The molecule has 0 atom stereocenters. The molecule has 128 valence electrons. The molecule has 2 aromatic rings. The zero-order chi connectivity index (χ0) is 17.5. The molecule has 5 nitrogen and oxygen atoms in total. The molecule has 0 unspecified atom stereocenters. The Kier molecular flexibility index (Phi) is 6.32. The fourth-order valence-corrected chi connectivity index (χ4v) is 2.38. The second kappa shape index (κ2) is 8.45. The van der Waals surface area contributed by atoms with Gasteiger partial charge in [0.1, 0.15) is 12.4 Å². The quantitative estimate of drug-likeness (QED) is 0.848. The number of aromatic nitrogens is 1. The number of nitrogens with two attached hydrogens (primary N) is 1. The summed E-state index contributed by atoms with van der Waals surface area (Å²) in [6.07, 6.45) is 2.81. The van der Waals surface area contributed by atoms with Crippen LogP contribution in [-0.4, -0.2) is 36.0 Å². The van der Waals surface area contributed by atoms with Gasteiger partial charge in [0.25, 0.3) is 5.91 Å². The Balaban J connectivity index is 2.15. The van der Waals surface area contributed by atoms with E-state index in [4.69, 9.17) is 10.5 Å². The number of rotatable bonds is 7. The van der Waals surface area contributed by atoms with Crippen LogP contribution < -0.4 is 10.5 Å². The number of pyridine rings is 1. The summed E-state index contributed by atoms with van der Waals surface area (Å²) in [6.45, 7) is 5.28. The Hall–Kier alpha value is -2.40. The van der Waals surface area contributed by atoms with Crippen molar-refractivity contribution in [2.24, 2.45) is 5.73 Å². The molecular formula is C19H25N3O2. The highest BCUT2D eigenvalue weighted by molar-refractivity contribution is 5.97. The third-order valence-electron chi connectivity index (χ3n) is 3.78. The molecule has 2 N–H and O–H groups in total. The van der Waals surface area contributed by atoms with Gasteiger partial charge in [-0.15, -0.1) is 0 Å². The average Bonchev–Trinajstić information content (AvgIpc) is 2.60. The SMILES string of the molecule is CCc1ccc(CN(C)C(=O)c2cc(C)ccc2OCCN)nc1. The maximum Gasteiger partial charge on any atom is 0.257 e. The summed E-state index contributed by atoms with van der Waals surface area (Å²) in [5.74, 6) is 0.476. The third-order valence-corrected chi connectivity index (χ3v) is 3.78. The third kappa shape index (κ3) is 4.55. The van der Waals surface area contributed by atoms with E-state index in [9.17, 15) is 4.79 Å². The summed E-state index contributed by atoms with van der Waals surface area (Å²) in [5, 5.41) is 0. The van der Waals surface area contributed by atoms with Crippen molar-refractivity contribution in [3.63, 3.8) is 0 Å². The molecule has 1 heterocycles. The monoisotopic (exact) mass is 327 g/mol. The van der Waals surface area contributed by atoms with Gasteiger partial charge in [0.15, 0.2) is 0 Å². The van der Waals surface area contributed by atoms with Crippen LogP contribution in [0.1, 0.15) is 34.1 Å². The molecule has 0 spiro atoms. The van der Waals surface area contributed by atoms with Gasteiger partial charge in [-0.3, -0.25) is 9.78 Å². The van der Waals surface area contributed by atoms with E-state index in [-0.39, 0.29) is 5.91 Å². The molecule has 0 fully saturated rings. The molecule has 0 aliphatic rings. The minimum atomic E-state index is -0.0907. The Morgan fingerprint density at radius 2 is 2.08 bits per heavy atom. The van der Waals surface area contributed by atoms with Gasteiger partial charge in [-0.1, -0.05) is 24.6 Å². The molecule has 24 heavy (non-hydrogen) atoms. The second-order valence-corrected chi connectivity index (χ2v) is 5.81. The number of nitrogens with zero attached hydrogens (tertiary/aromatic N) is 2. The molecule has 1 aromatic heterocycles. The maximum absolute atomic E-state index is 12.8. The van der Waals surface area contributed by atoms with E-state index in [0.29, 0.717) is 31.0 Å². The predicted octanol–water partition coefficient (Wildman–Crippen LogP) is 2.56. The molecule has 0 aliphatic heterocycles. The first-order valence-electron chi connectivity index (χ1n) is 8.18. The molecular weight excluding hydrogens is 302 g/mol. The largest absolute Gasteiger partial charge is 0.491 e.